The van der Waals surface area contributed by atoms with Crippen molar-refractivity contribution in [3.63, 3.8) is 0 Å². The fourth-order valence-corrected chi connectivity index (χ4v) is 3.34. The van der Waals surface area contributed by atoms with Crippen LogP contribution in [0.25, 0.3) is 0 Å². The maximum Gasteiger partial charge on any atom is 0.410 e. The maximum absolute atomic E-state index is 12.3. The van der Waals surface area contributed by atoms with E-state index in [4.69, 9.17) is 16.3 Å². The lowest BCUT2D eigenvalue weighted by atomic mass is 10.1. The van der Waals surface area contributed by atoms with Crippen molar-refractivity contribution in [2.75, 3.05) is 36.4 Å². The number of carbonyl (C=O) groups excluding carboxylic acids is 1. The number of ether oxygens (including phenoxy) is 1. The standard InChI is InChI=1S/C17H24ClN3O2/c1-17(2,3)23-16(22)20-8-9-21-13(11-20)6-7-19-14-5-4-12(18)10-15(14)21/h4-5,10,13,19H,6-9,11H2,1-3H3. The third-order valence-electron chi connectivity index (χ3n) is 4.20. The van der Waals surface area contributed by atoms with E-state index in [0.717, 1.165) is 35.9 Å². The number of nitrogens with one attached hydrogen (secondary N) is 1. The van der Waals surface area contributed by atoms with Gasteiger partial charge in [-0.25, -0.2) is 4.79 Å². The number of fused-ring (bicyclic) bond motifs is 3. The lowest BCUT2D eigenvalue weighted by Crippen LogP contribution is -2.55. The van der Waals surface area contributed by atoms with Gasteiger partial charge in [-0.3, -0.25) is 0 Å². The number of anilines is 2. The van der Waals surface area contributed by atoms with Gasteiger partial charge in [-0.1, -0.05) is 11.6 Å². The van der Waals surface area contributed by atoms with Crippen molar-refractivity contribution in [3.05, 3.63) is 23.2 Å². The second-order valence-corrected chi connectivity index (χ2v) is 7.59. The van der Waals surface area contributed by atoms with Crippen molar-refractivity contribution in [3.8, 4) is 0 Å². The Kier molecular flexibility index (Phi) is 4.32. The number of nitrogens with zero attached hydrogens (tertiary/aromatic N) is 2. The van der Waals surface area contributed by atoms with Crippen molar-refractivity contribution in [1.29, 1.82) is 0 Å². The summed E-state index contributed by atoms with van der Waals surface area (Å²) in [5, 5.41) is 4.19. The molecule has 0 radical (unpaired) electrons. The minimum atomic E-state index is -0.459. The molecular formula is C17H24ClN3O2. The van der Waals surface area contributed by atoms with Gasteiger partial charge in [-0.15, -0.1) is 0 Å². The number of rotatable bonds is 0. The van der Waals surface area contributed by atoms with E-state index in [1.165, 1.54) is 0 Å². The van der Waals surface area contributed by atoms with E-state index in [1.807, 2.05) is 43.9 Å². The van der Waals surface area contributed by atoms with E-state index in [2.05, 4.69) is 10.2 Å². The molecule has 2 aliphatic rings. The number of hydrogen-bond acceptors (Lipinski definition) is 4. The summed E-state index contributed by atoms with van der Waals surface area (Å²) in [6.45, 7) is 8.72. The van der Waals surface area contributed by atoms with Crippen LogP contribution in [0.15, 0.2) is 18.2 Å². The zero-order valence-electron chi connectivity index (χ0n) is 13.9. The first-order valence-corrected chi connectivity index (χ1v) is 8.49. The molecule has 1 fully saturated rings. The van der Waals surface area contributed by atoms with Gasteiger partial charge in [-0.2, -0.15) is 0 Å². The minimum Gasteiger partial charge on any atom is -0.444 e. The summed E-state index contributed by atoms with van der Waals surface area (Å²) in [4.78, 5) is 16.5. The molecule has 2 heterocycles. The summed E-state index contributed by atoms with van der Waals surface area (Å²) in [7, 11) is 0. The Balaban J connectivity index is 1.76. The predicted octanol–water partition coefficient (Wildman–Crippen LogP) is 3.58. The topological polar surface area (TPSA) is 44.8 Å². The molecule has 6 heteroatoms. The average Bonchev–Trinajstić information content (AvgIpc) is 2.64. The molecule has 3 rings (SSSR count). The highest BCUT2D eigenvalue weighted by atomic mass is 35.5. The smallest absolute Gasteiger partial charge is 0.410 e. The van der Waals surface area contributed by atoms with Crippen LogP contribution in [-0.2, 0) is 4.74 Å². The fourth-order valence-electron chi connectivity index (χ4n) is 3.18. The molecule has 2 aliphatic heterocycles. The van der Waals surface area contributed by atoms with E-state index >= 15 is 0 Å². The summed E-state index contributed by atoms with van der Waals surface area (Å²) in [5.74, 6) is 0. The first-order valence-electron chi connectivity index (χ1n) is 8.11. The van der Waals surface area contributed by atoms with Gasteiger partial charge in [0, 0.05) is 37.2 Å². The Hall–Kier alpha value is -1.62. The first-order chi connectivity index (χ1) is 10.8. The third-order valence-corrected chi connectivity index (χ3v) is 4.43. The summed E-state index contributed by atoms with van der Waals surface area (Å²) < 4.78 is 5.51. The monoisotopic (exact) mass is 337 g/mol. The van der Waals surface area contributed by atoms with Gasteiger partial charge < -0.3 is 19.9 Å². The van der Waals surface area contributed by atoms with Crippen molar-refractivity contribution >= 4 is 29.1 Å². The summed E-state index contributed by atoms with van der Waals surface area (Å²) in [6, 6.07) is 6.22. The summed E-state index contributed by atoms with van der Waals surface area (Å²) in [6.07, 6.45) is 0.756. The second-order valence-electron chi connectivity index (χ2n) is 7.15. The third kappa shape index (κ3) is 3.66. The number of benzene rings is 1. The van der Waals surface area contributed by atoms with Crippen LogP contribution in [-0.4, -0.2) is 48.8 Å². The number of carbonyl (C=O) groups is 1. The van der Waals surface area contributed by atoms with Gasteiger partial charge >= 0.3 is 6.09 Å². The molecule has 1 N–H and O–H groups in total. The Morgan fingerprint density at radius 3 is 2.87 bits per heavy atom. The highest BCUT2D eigenvalue weighted by molar-refractivity contribution is 6.31. The van der Waals surface area contributed by atoms with E-state index in [0.29, 0.717) is 13.1 Å². The molecule has 1 atom stereocenters. The van der Waals surface area contributed by atoms with Gasteiger partial charge in [0.1, 0.15) is 5.60 Å². The molecule has 0 bridgehead atoms. The van der Waals surface area contributed by atoms with Crippen molar-refractivity contribution in [2.45, 2.75) is 38.8 Å². The summed E-state index contributed by atoms with van der Waals surface area (Å²) in [5.41, 5.74) is 1.78. The Labute approximate surface area is 142 Å². The number of piperazine rings is 1. The van der Waals surface area contributed by atoms with E-state index in [1.54, 1.807) is 0 Å². The van der Waals surface area contributed by atoms with Crippen LogP contribution in [0.4, 0.5) is 16.2 Å². The van der Waals surface area contributed by atoms with Crippen molar-refractivity contribution in [1.82, 2.24) is 4.90 Å². The normalized spacial score (nSPS) is 21.0. The van der Waals surface area contributed by atoms with Crippen LogP contribution >= 0.6 is 11.6 Å². The molecular weight excluding hydrogens is 314 g/mol. The fraction of sp³-hybridized carbons (Fsp3) is 0.588. The molecule has 1 saturated heterocycles. The lowest BCUT2D eigenvalue weighted by Gasteiger charge is -2.42. The van der Waals surface area contributed by atoms with Crippen LogP contribution in [0.3, 0.4) is 0 Å². The molecule has 0 aliphatic carbocycles. The lowest BCUT2D eigenvalue weighted by molar-refractivity contribution is 0.0213. The molecule has 1 aromatic carbocycles. The van der Waals surface area contributed by atoms with E-state index < -0.39 is 5.60 Å². The van der Waals surface area contributed by atoms with Crippen molar-refractivity contribution in [2.24, 2.45) is 0 Å². The van der Waals surface area contributed by atoms with Crippen LogP contribution in [0.5, 0.6) is 0 Å². The van der Waals surface area contributed by atoms with Gasteiger partial charge in [0.25, 0.3) is 0 Å². The van der Waals surface area contributed by atoms with Gasteiger partial charge in [0.2, 0.25) is 0 Å². The van der Waals surface area contributed by atoms with Gasteiger partial charge in [0.15, 0.2) is 0 Å². The first kappa shape index (κ1) is 16.2. The van der Waals surface area contributed by atoms with Crippen molar-refractivity contribution < 1.29 is 9.53 Å². The van der Waals surface area contributed by atoms with Crippen LogP contribution in [0, 0.1) is 0 Å². The average molecular weight is 338 g/mol. The molecule has 1 aromatic rings. The molecule has 1 amide bonds. The molecule has 0 spiro atoms. The number of amides is 1. The largest absolute Gasteiger partial charge is 0.444 e. The van der Waals surface area contributed by atoms with Gasteiger partial charge in [0.05, 0.1) is 11.4 Å². The van der Waals surface area contributed by atoms with Crippen LogP contribution in [0.2, 0.25) is 5.02 Å². The maximum atomic E-state index is 12.3. The zero-order valence-corrected chi connectivity index (χ0v) is 14.7. The number of halogens is 1. The minimum absolute atomic E-state index is 0.222. The predicted molar refractivity (Wildman–Crippen MR) is 93.5 cm³/mol. The van der Waals surface area contributed by atoms with Gasteiger partial charge in [-0.05, 0) is 45.4 Å². The quantitative estimate of drug-likeness (QED) is 0.786. The van der Waals surface area contributed by atoms with Crippen LogP contribution in [0.1, 0.15) is 27.2 Å². The highest BCUT2D eigenvalue weighted by Crippen LogP contribution is 2.35. The molecule has 126 valence electrons. The Morgan fingerprint density at radius 1 is 1.35 bits per heavy atom. The van der Waals surface area contributed by atoms with E-state index in [-0.39, 0.29) is 12.1 Å². The summed E-state index contributed by atoms with van der Waals surface area (Å²) >= 11 is 6.17. The van der Waals surface area contributed by atoms with Crippen LogP contribution < -0.4 is 10.2 Å². The Morgan fingerprint density at radius 2 is 2.13 bits per heavy atom. The second kappa shape index (κ2) is 6.11. The molecule has 0 saturated carbocycles. The number of hydrogen-bond donors (Lipinski definition) is 1. The Bertz CT molecular complexity index is 600. The molecule has 5 nitrogen and oxygen atoms in total. The highest BCUT2D eigenvalue weighted by Gasteiger charge is 2.34. The SMILES string of the molecule is CC(C)(C)OC(=O)N1CCN2c3cc(Cl)ccc3NCCC2C1. The molecule has 23 heavy (non-hydrogen) atoms. The molecule has 0 aromatic heterocycles. The van der Waals surface area contributed by atoms with E-state index in [9.17, 15) is 4.79 Å². The molecule has 1 unspecified atom stereocenters. The zero-order chi connectivity index (χ0) is 16.6.